The number of anilines is 3. The third-order valence-corrected chi connectivity index (χ3v) is 11.3. The monoisotopic (exact) mass is 799 g/mol. The van der Waals surface area contributed by atoms with Gasteiger partial charge in [-0.3, -0.25) is 19.5 Å². The molecule has 5 heterocycles. The van der Waals surface area contributed by atoms with Crippen molar-refractivity contribution in [2.75, 3.05) is 35.4 Å². The van der Waals surface area contributed by atoms with Gasteiger partial charge in [-0.15, -0.1) is 20.4 Å². The lowest BCUT2D eigenvalue weighted by Gasteiger charge is -2.38. The first-order valence-corrected chi connectivity index (χ1v) is 20.1. The number of amides is 2. The van der Waals surface area contributed by atoms with Crippen molar-refractivity contribution in [1.29, 1.82) is 0 Å². The Bertz CT molecular complexity index is 2260. The van der Waals surface area contributed by atoms with Crippen molar-refractivity contribution in [2.45, 2.75) is 75.9 Å². The number of pyridine rings is 1. The summed E-state index contributed by atoms with van der Waals surface area (Å²) in [6.45, 7) is 1.55. The van der Waals surface area contributed by atoms with Crippen LogP contribution < -0.4 is 20.9 Å². The maximum Gasteiger partial charge on any atom is 0.359 e. The summed E-state index contributed by atoms with van der Waals surface area (Å²) >= 11 is 0. The van der Waals surface area contributed by atoms with Gasteiger partial charge in [0.1, 0.15) is 12.4 Å². The van der Waals surface area contributed by atoms with Gasteiger partial charge in [0.25, 0.3) is 11.8 Å². The van der Waals surface area contributed by atoms with E-state index in [0.29, 0.717) is 25.3 Å². The highest BCUT2D eigenvalue weighted by atomic mass is 16.6. The molecule has 3 aliphatic rings. The molecule has 4 aromatic heterocycles. The fraction of sp³-hybridized carbons (Fsp3) is 0.381. The maximum atomic E-state index is 13.3. The summed E-state index contributed by atoms with van der Waals surface area (Å²) in [6.07, 6.45) is 16.6. The standard InChI is InChI=1S/C42H45N11O6/c54-38(32-14-17-35(50-48-32)52-23-22-43-26-52)46-30-11-6-5-10-29(30)40(56)59-34-16-13-28(34)24-58-41(57)37-31(12-9-21-45-37)47-39(55)33-15-18-36(51-49-33)53-27-44-25-42(53)19-7-3-1-2-4-8-20-42/h5-6,9-12,14-15,17-18,21-23,26,28,34,44H,1-4,7-8,13,16,19-20,24-25,27H2,(H,46,54)(H,47,55). The van der Waals surface area contributed by atoms with Gasteiger partial charge in [0, 0.05) is 31.1 Å². The Labute approximate surface area is 340 Å². The third-order valence-electron chi connectivity index (χ3n) is 11.3. The van der Waals surface area contributed by atoms with E-state index in [1.54, 1.807) is 71.8 Å². The van der Waals surface area contributed by atoms with Crippen LogP contribution in [0, 0.1) is 5.92 Å². The number of para-hydroxylation sites is 1. The average molecular weight is 800 g/mol. The Morgan fingerprint density at radius 2 is 1.44 bits per heavy atom. The van der Waals surface area contributed by atoms with Crippen LogP contribution in [0.3, 0.4) is 0 Å². The Hall–Kier alpha value is -6.62. The van der Waals surface area contributed by atoms with Crippen LogP contribution in [0.15, 0.2) is 85.6 Å². The molecule has 0 bridgehead atoms. The van der Waals surface area contributed by atoms with Crippen molar-refractivity contribution >= 4 is 40.9 Å². The van der Waals surface area contributed by atoms with E-state index >= 15 is 0 Å². The van der Waals surface area contributed by atoms with Crippen LogP contribution in [0.25, 0.3) is 5.82 Å². The molecule has 2 saturated carbocycles. The fourth-order valence-corrected chi connectivity index (χ4v) is 7.89. The zero-order valence-corrected chi connectivity index (χ0v) is 32.5. The number of nitrogens with zero attached hydrogens (tertiary/aromatic N) is 8. The molecule has 59 heavy (non-hydrogen) atoms. The topological polar surface area (TPSA) is 208 Å². The van der Waals surface area contributed by atoms with Gasteiger partial charge in [-0.05, 0) is 74.2 Å². The third kappa shape index (κ3) is 8.94. The van der Waals surface area contributed by atoms with Crippen LogP contribution >= 0.6 is 0 Å². The van der Waals surface area contributed by atoms with E-state index in [9.17, 15) is 19.2 Å². The summed E-state index contributed by atoms with van der Waals surface area (Å²) in [5.41, 5.74) is 0.636. The minimum atomic E-state index is -0.740. The van der Waals surface area contributed by atoms with E-state index in [1.807, 2.05) is 6.07 Å². The molecular weight excluding hydrogens is 755 g/mol. The minimum Gasteiger partial charge on any atom is -0.460 e. The zero-order chi connectivity index (χ0) is 40.6. The molecule has 304 valence electrons. The number of hydrogen-bond acceptors (Lipinski definition) is 14. The lowest BCUT2D eigenvalue weighted by atomic mass is 9.82. The molecule has 2 aliphatic carbocycles. The van der Waals surface area contributed by atoms with E-state index in [2.05, 4.69) is 51.2 Å². The summed E-state index contributed by atoms with van der Waals surface area (Å²) < 4.78 is 13.1. The number of hydrogen-bond donors (Lipinski definition) is 3. The smallest absolute Gasteiger partial charge is 0.359 e. The van der Waals surface area contributed by atoms with Crippen LogP contribution in [0.4, 0.5) is 17.2 Å². The fourth-order valence-electron chi connectivity index (χ4n) is 7.89. The van der Waals surface area contributed by atoms with E-state index < -0.39 is 29.9 Å². The van der Waals surface area contributed by atoms with Gasteiger partial charge in [0.05, 0.1) is 35.8 Å². The van der Waals surface area contributed by atoms with Crippen molar-refractivity contribution in [1.82, 2.24) is 40.2 Å². The summed E-state index contributed by atoms with van der Waals surface area (Å²) in [5.74, 6) is -1.51. The number of rotatable bonds is 11. The zero-order valence-electron chi connectivity index (χ0n) is 32.5. The van der Waals surface area contributed by atoms with Gasteiger partial charge in [-0.2, -0.15) is 0 Å². The van der Waals surface area contributed by atoms with Gasteiger partial charge in [-0.1, -0.05) is 50.7 Å². The Morgan fingerprint density at radius 3 is 2.12 bits per heavy atom. The number of carbonyl (C=O) groups is 4. The molecule has 1 saturated heterocycles. The average Bonchev–Trinajstić information content (AvgIpc) is 3.97. The Balaban J connectivity index is 0.844. The second kappa shape index (κ2) is 17.9. The molecule has 1 aliphatic heterocycles. The highest BCUT2D eigenvalue weighted by Crippen LogP contribution is 2.36. The maximum absolute atomic E-state index is 13.3. The van der Waals surface area contributed by atoms with Gasteiger partial charge < -0.3 is 25.0 Å². The number of esters is 2. The van der Waals surface area contributed by atoms with E-state index in [0.717, 1.165) is 25.2 Å². The van der Waals surface area contributed by atoms with Gasteiger partial charge >= 0.3 is 11.9 Å². The molecule has 17 heteroatoms. The predicted molar refractivity (Wildman–Crippen MR) is 215 cm³/mol. The quantitative estimate of drug-likeness (QED) is 0.143. The SMILES string of the molecule is O=C(Nc1ccccc1C(=O)OC1CCC1COC(=O)c1ncccc1NC(=O)c1ccc(N2CNCC23CCCCCCCC3)nn1)c1ccc(-n2ccnc2)nn1. The van der Waals surface area contributed by atoms with E-state index in [4.69, 9.17) is 9.47 Å². The molecule has 3 N–H and O–H groups in total. The van der Waals surface area contributed by atoms with Gasteiger partial charge in [0.2, 0.25) is 0 Å². The molecule has 0 radical (unpaired) electrons. The number of aromatic nitrogens is 7. The highest BCUT2D eigenvalue weighted by molar-refractivity contribution is 6.07. The molecular formula is C42H45N11O6. The van der Waals surface area contributed by atoms with E-state index in [1.165, 1.54) is 50.8 Å². The summed E-state index contributed by atoms with van der Waals surface area (Å²) in [4.78, 5) is 63.4. The highest BCUT2D eigenvalue weighted by Gasteiger charge is 2.41. The second-order valence-electron chi connectivity index (χ2n) is 15.1. The van der Waals surface area contributed by atoms with Crippen LogP contribution in [0.5, 0.6) is 0 Å². The Kier molecular flexibility index (Phi) is 11.9. The molecule has 8 rings (SSSR count). The minimum absolute atomic E-state index is 0.00736. The molecule has 2 unspecified atom stereocenters. The largest absolute Gasteiger partial charge is 0.460 e. The summed E-state index contributed by atoms with van der Waals surface area (Å²) in [7, 11) is 0. The lowest BCUT2D eigenvalue weighted by Crippen LogP contribution is -2.46. The molecule has 1 aromatic carbocycles. The van der Waals surface area contributed by atoms with Crippen molar-refractivity contribution < 1.29 is 28.7 Å². The summed E-state index contributed by atoms with van der Waals surface area (Å²) in [5, 5.41) is 25.8. The molecule has 5 aromatic rings. The first kappa shape index (κ1) is 39.2. The first-order valence-electron chi connectivity index (χ1n) is 20.1. The molecule has 3 fully saturated rings. The van der Waals surface area contributed by atoms with Crippen molar-refractivity contribution in [3.63, 3.8) is 0 Å². The number of imidazole rings is 1. The number of nitrogens with one attached hydrogen (secondary N) is 3. The van der Waals surface area contributed by atoms with Crippen molar-refractivity contribution in [3.05, 3.63) is 108 Å². The van der Waals surface area contributed by atoms with Crippen molar-refractivity contribution in [2.24, 2.45) is 5.92 Å². The Morgan fingerprint density at radius 1 is 0.746 bits per heavy atom. The van der Waals surface area contributed by atoms with Crippen LogP contribution in [0.2, 0.25) is 0 Å². The first-order chi connectivity index (χ1) is 28.9. The van der Waals surface area contributed by atoms with Crippen LogP contribution in [-0.2, 0) is 9.47 Å². The number of carbonyl (C=O) groups excluding carboxylic acids is 4. The van der Waals surface area contributed by atoms with E-state index in [-0.39, 0.29) is 52.1 Å². The number of ether oxygens (including phenoxy) is 2. The molecule has 2 amide bonds. The lowest BCUT2D eigenvalue weighted by molar-refractivity contribution is -0.0436. The van der Waals surface area contributed by atoms with Crippen LogP contribution in [0.1, 0.15) is 106 Å². The number of benzene rings is 1. The summed E-state index contributed by atoms with van der Waals surface area (Å²) in [6, 6.07) is 16.3. The van der Waals surface area contributed by atoms with Crippen LogP contribution in [-0.4, -0.2) is 90.1 Å². The normalized spacial score (nSPS) is 18.7. The van der Waals surface area contributed by atoms with Gasteiger partial charge in [0.15, 0.2) is 28.7 Å². The second-order valence-corrected chi connectivity index (χ2v) is 15.1. The van der Waals surface area contributed by atoms with Gasteiger partial charge in [-0.25, -0.2) is 19.6 Å². The molecule has 2 atom stereocenters. The van der Waals surface area contributed by atoms with Crippen molar-refractivity contribution in [3.8, 4) is 5.82 Å². The molecule has 17 nitrogen and oxygen atoms in total. The molecule has 1 spiro atoms. The predicted octanol–water partition coefficient (Wildman–Crippen LogP) is 5.38.